The predicted octanol–water partition coefficient (Wildman–Crippen LogP) is -0.352. The molecule has 2 fully saturated rings. The van der Waals surface area contributed by atoms with Crippen molar-refractivity contribution in [2.45, 2.75) is 18.6 Å². The van der Waals surface area contributed by atoms with E-state index in [4.69, 9.17) is 0 Å². The molecule has 23 heavy (non-hydrogen) atoms. The third kappa shape index (κ3) is 3.91. The smallest absolute Gasteiger partial charge is 0.227 e. The van der Waals surface area contributed by atoms with Gasteiger partial charge in [-0.15, -0.1) is 0 Å². The quantitative estimate of drug-likeness (QED) is 0.803. The van der Waals surface area contributed by atoms with Crippen LogP contribution in [0.25, 0.3) is 0 Å². The number of piperazine rings is 1. The minimum atomic E-state index is -3.42. The molecule has 0 saturated carbocycles. The van der Waals surface area contributed by atoms with Gasteiger partial charge < -0.3 is 14.7 Å². The van der Waals surface area contributed by atoms with Crippen molar-refractivity contribution in [3.63, 3.8) is 0 Å². The van der Waals surface area contributed by atoms with Gasteiger partial charge in [0, 0.05) is 38.8 Å². The second-order valence-corrected chi connectivity index (χ2v) is 7.98. The van der Waals surface area contributed by atoms with Gasteiger partial charge in [0.2, 0.25) is 15.9 Å². The summed E-state index contributed by atoms with van der Waals surface area (Å²) in [7, 11) is -3.42. The van der Waals surface area contributed by atoms with Gasteiger partial charge in [-0.25, -0.2) is 8.42 Å². The van der Waals surface area contributed by atoms with Gasteiger partial charge in [-0.1, -0.05) is 5.16 Å². The molecule has 1 aromatic rings. The summed E-state index contributed by atoms with van der Waals surface area (Å²) < 4.78 is 30.8. The minimum absolute atomic E-state index is 0.0297. The van der Waals surface area contributed by atoms with Crippen molar-refractivity contribution in [3.8, 4) is 0 Å². The number of sulfonamides is 1. The normalized spacial score (nSPS) is 23.8. The van der Waals surface area contributed by atoms with Crippen LogP contribution in [-0.4, -0.2) is 68.0 Å². The largest absolute Gasteiger partial charge is 0.364 e. The SMILES string of the molecule is O=C(C1CCCNC1)N1CCN(S(=O)(=O)Cc2ccon2)CC1. The first-order chi connectivity index (χ1) is 11.1. The standard InChI is InChI=1S/C14H22N4O4S/c19-14(12-2-1-4-15-10-12)17-5-7-18(8-6-17)23(20,21)11-13-3-9-22-16-13/h3,9,12,15H,1-2,4-8,10-11H2. The average Bonchev–Trinajstić information content (AvgIpc) is 3.07. The zero-order valence-electron chi connectivity index (χ0n) is 13.0. The number of nitrogens with zero attached hydrogens (tertiary/aromatic N) is 3. The fourth-order valence-corrected chi connectivity index (χ4v) is 4.52. The lowest BCUT2D eigenvalue weighted by Crippen LogP contribution is -2.53. The molecule has 1 unspecified atom stereocenters. The van der Waals surface area contributed by atoms with E-state index in [1.54, 1.807) is 11.0 Å². The van der Waals surface area contributed by atoms with Crippen LogP contribution in [0.2, 0.25) is 0 Å². The van der Waals surface area contributed by atoms with E-state index in [1.165, 1.54) is 10.6 Å². The zero-order chi connectivity index (χ0) is 16.3. The molecule has 1 atom stereocenters. The molecular weight excluding hydrogens is 320 g/mol. The summed E-state index contributed by atoms with van der Waals surface area (Å²) in [5, 5.41) is 6.89. The summed E-state index contributed by atoms with van der Waals surface area (Å²) in [5.74, 6) is 0.0112. The molecule has 1 N–H and O–H groups in total. The van der Waals surface area contributed by atoms with E-state index >= 15 is 0 Å². The Balaban J connectivity index is 1.54. The van der Waals surface area contributed by atoms with Crippen molar-refractivity contribution in [1.82, 2.24) is 19.7 Å². The summed E-state index contributed by atoms with van der Waals surface area (Å²) in [6, 6.07) is 1.55. The van der Waals surface area contributed by atoms with Crippen LogP contribution in [0.3, 0.4) is 0 Å². The van der Waals surface area contributed by atoms with Crippen molar-refractivity contribution in [1.29, 1.82) is 0 Å². The molecule has 0 aliphatic carbocycles. The first-order valence-electron chi connectivity index (χ1n) is 7.93. The van der Waals surface area contributed by atoms with Gasteiger partial charge >= 0.3 is 0 Å². The predicted molar refractivity (Wildman–Crippen MR) is 82.9 cm³/mol. The maximum Gasteiger partial charge on any atom is 0.227 e. The number of hydrogen-bond acceptors (Lipinski definition) is 6. The highest BCUT2D eigenvalue weighted by Gasteiger charge is 2.32. The van der Waals surface area contributed by atoms with E-state index < -0.39 is 10.0 Å². The van der Waals surface area contributed by atoms with Gasteiger partial charge in [0.25, 0.3) is 0 Å². The molecule has 3 rings (SSSR count). The van der Waals surface area contributed by atoms with Crippen molar-refractivity contribution in [2.75, 3.05) is 39.3 Å². The number of amides is 1. The van der Waals surface area contributed by atoms with Crippen LogP contribution in [0, 0.1) is 5.92 Å². The van der Waals surface area contributed by atoms with Crippen molar-refractivity contribution < 1.29 is 17.7 Å². The van der Waals surface area contributed by atoms with Crippen LogP contribution in [0.1, 0.15) is 18.5 Å². The van der Waals surface area contributed by atoms with Crippen molar-refractivity contribution in [3.05, 3.63) is 18.0 Å². The minimum Gasteiger partial charge on any atom is -0.364 e. The lowest BCUT2D eigenvalue weighted by molar-refractivity contribution is -0.137. The lowest BCUT2D eigenvalue weighted by Gasteiger charge is -2.36. The molecule has 8 nitrogen and oxygen atoms in total. The van der Waals surface area contributed by atoms with Crippen LogP contribution in [0.5, 0.6) is 0 Å². The molecular formula is C14H22N4O4S. The van der Waals surface area contributed by atoms with E-state index in [9.17, 15) is 13.2 Å². The first-order valence-corrected chi connectivity index (χ1v) is 9.54. The highest BCUT2D eigenvalue weighted by molar-refractivity contribution is 7.88. The first kappa shape index (κ1) is 16.4. The molecule has 0 spiro atoms. The van der Waals surface area contributed by atoms with E-state index in [-0.39, 0.29) is 17.6 Å². The van der Waals surface area contributed by atoms with Crippen LogP contribution >= 0.6 is 0 Å². The second kappa shape index (κ2) is 6.98. The molecule has 2 aliphatic rings. The Bertz CT molecular complexity index is 617. The molecule has 2 saturated heterocycles. The number of aromatic nitrogens is 1. The van der Waals surface area contributed by atoms with Gasteiger partial charge in [-0.3, -0.25) is 4.79 Å². The Hall–Kier alpha value is -1.45. The third-order valence-corrected chi connectivity index (χ3v) is 6.22. The van der Waals surface area contributed by atoms with Crippen molar-refractivity contribution in [2.24, 2.45) is 5.92 Å². The van der Waals surface area contributed by atoms with Gasteiger partial charge in [-0.2, -0.15) is 4.31 Å². The van der Waals surface area contributed by atoms with Crippen LogP contribution in [0.4, 0.5) is 0 Å². The van der Waals surface area contributed by atoms with E-state index in [0.717, 1.165) is 25.9 Å². The number of nitrogens with one attached hydrogen (secondary N) is 1. The third-order valence-electron chi connectivity index (χ3n) is 4.41. The molecule has 3 heterocycles. The number of hydrogen-bond donors (Lipinski definition) is 1. The second-order valence-electron chi connectivity index (χ2n) is 6.01. The van der Waals surface area contributed by atoms with Crippen LogP contribution in [0.15, 0.2) is 16.9 Å². The summed E-state index contributed by atoms with van der Waals surface area (Å²) >= 11 is 0. The Morgan fingerprint density at radius 3 is 2.74 bits per heavy atom. The molecule has 1 aromatic heterocycles. The molecule has 0 aromatic carbocycles. The number of carbonyl (C=O) groups excluding carboxylic acids is 1. The van der Waals surface area contributed by atoms with Crippen LogP contribution < -0.4 is 5.32 Å². The van der Waals surface area contributed by atoms with Gasteiger partial charge in [-0.05, 0) is 19.4 Å². The fraction of sp³-hybridized carbons (Fsp3) is 0.714. The van der Waals surface area contributed by atoms with Gasteiger partial charge in [0.1, 0.15) is 12.0 Å². The average molecular weight is 342 g/mol. The summed E-state index contributed by atoms with van der Waals surface area (Å²) in [6.45, 7) is 3.28. The molecule has 2 aliphatic heterocycles. The molecule has 9 heteroatoms. The molecule has 128 valence electrons. The Morgan fingerprint density at radius 2 is 2.13 bits per heavy atom. The summed E-state index contributed by atoms with van der Waals surface area (Å²) in [4.78, 5) is 14.3. The van der Waals surface area contributed by atoms with E-state index in [0.29, 0.717) is 31.9 Å². The maximum atomic E-state index is 12.5. The zero-order valence-corrected chi connectivity index (χ0v) is 13.8. The van der Waals surface area contributed by atoms with E-state index in [1.807, 2.05) is 0 Å². The number of rotatable bonds is 4. The Morgan fingerprint density at radius 1 is 1.35 bits per heavy atom. The Kier molecular flexibility index (Phi) is 4.98. The molecule has 0 bridgehead atoms. The summed E-state index contributed by atoms with van der Waals surface area (Å²) in [5.41, 5.74) is 0.400. The maximum absolute atomic E-state index is 12.5. The number of piperidine rings is 1. The van der Waals surface area contributed by atoms with Gasteiger partial charge in [0.15, 0.2) is 0 Å². The van der Waals surface area contributed by atoms with E-state index in [2.05, 4.69) is 15.0 Å². The topological polar surface area (TPSA) is 95.8 Å². The lowest BCUT2D eigenvalue weighted by atomic mass is 9.98. The fourth-order valence-electron chi connectivity index (χ4n) is 3.10. The summed E-state index contributed by atoms with van der Waals surface area (Å²) in [6.07, 6.45) is 3.29. The van der Waals surface area contributed by atoms with Gasteiger partial charge in [0.05, 0.1) is 11.6 Å². The molecule has 0 radical (unpaired) electrons. The highest BCUT2D eigenvalue weighted by Crippen LogP contribution is 2.17. The number of carbonyl (C=O) groups is 1. The Labute approximate surface area is 135 Å². The van der Waals surface area contributed by atoms with Crippen molar-refractivity contribution >= 4 is 15.9 Å². The van der Waals surface area contributed by atoms with Crippen LogP contribution in [-0.2, 0) is 20.6 Å². The highest BCUT2D eigenvalue weighted by atomic mass is 32.2. The molecule has 1 amide bonds. The monoisotopic (exact) mass is 342 g/mol.